The van der Waals surface area contributed by atoms with Gasteiger partial charge in [0.05, 0.1) is 0 Å². The maximum absolute atomic E-state index is 11.5. The van der Waals surface area contributed by atoms with Gasteiger partial charge in [-0.05, 0) is 18.6 Å². The molecule has 1 rings (SSSR count). The Labute approximate surface area is 148 Å². The molecule has 0 unspecified atom stereocenters. The Balaban J connectivity index is 1.87. The molecular formula is C21H36O3. The summed E-state index contributed by atoms with van der Waals surface area (Å²) in [6.07, 6.45) is 15.3. The summed E-state index contributed by atoms with van der Waals surface area (Å²) in [5.74, 6) is 1.24. The van der Waals surface area contributed by atoms with Gasteiger partial charge in [0, 0.05) is 13.0 Å². The molecule has 0 saturated carbocycles. The number of carbonyl (C=O) groups is 1. The minimum atomic E-state index is 0.0478. The zero-order valence-electron chi connectivity index (χ0n) is 15.8. The highest BCUT2D eigenvalue weighted by Gasteiger charge is 2.08. The van der Waals surface area contributed by atoms with Crippen LogP contribution in [0.1, 0.15) is 107 Å². The summed E-state index contributed by atoms with van der Waals surface area (Å²) in [4.78, 5) is 11.5. The van der Waals surface area contributed by atoms with Crippen LogP contribution < -0.4 is 0 Å². The molecule has 0 spiro atoms. The van der Waals surface area contributed by atoms with Crippen LogP contribution in [0.25, 0.3) is 0 Å². The van der Waals surface area contributed by atoms with Gasteiger partial charge in [-0.15, -0.1) is 0 Å². The quantitative estimate of drug-likeness (QED) is 0.249. The van der Waals surface area contributed by atoms with Gasteiger partial charge < -0.3 is 9.15 Å². The summed E-state index contributed by atoms with van der Waals surface area (Å²) in [5, 5.41) is 0. The summed E-state index contributed by atoms with van der Waals surface area (Å²) in [6.45, 7) is 5.35. The fraction of sp³-hybridized carbons (Fsp3) is 0.762. The van der Waals surface area contributed by atoms with Crippen LogP contribution in [-0.4, -0.2) is 12.4 Å². The van der Waals surface area contributed by atoms with E-state index in [1.807, 2.05) is 13.0 Å². The van der Waals surface area contributed by atoms with Crippen molar-refractivity contribution in [3.63, 3.8) is 0 Å². The second-order valence-electron chi connectivity index (χ2n) is 6.63. The van der Waals surface area contributed by atoms with E-state index in [2.05, 4.69) is 6.92 Å². The van der Waals surface area contributed by atoms with Crippen LogP contribution in [0.3, 0.4) is 0 Å². The normalized spacial score (nSPS) is 11.1. The third-order valence-electron chi connectivity index (χ3n) is 4.39. The van der Waals surface area contributed by atoms with Crippen molar-refractivity contribution in [2.75, 3.05) is 6.61 Å². The fourth-order valence-electron chi connectivity index (χ4n) is 2.82. The van der Waals surface area contributed by atoms with Crippen LogP contribution in [0.2, 0.25) is 0 Å². The summed E-state index contributed by atoms with van der Waals surface area (Å²) in [7, 11) is 0. The largest absolute Gasteiger partial charge is 0.456 e. The van der Waals surface area contributed by atoms with E-state index in [0.29, 0.717) is 18.8 Å². The van der Waals surface area contributed by atoms with Gasteiger partial charge in [-0.2, -0.15) is 0 Å². The van der Waals surface area contributed by atoms with Crippen molar-refractivity contribution < 1.29 is 13.9 Å². The molecule has 3 nitrogen and oxygen atoms in total. The third-order valence-corrected chi connectivity index (χ3v) is 4.39. The Morgan fingerprint density at radius 3 is 2.04 bits per heavy atom. The van der Waals surface area contributed by atoms with Crippen molar-refractivity contribution in [2.24, 2.45) is 0 Å². The number of hydrogen-bond acceptors (Lipinski definition) is 3. The zero-order chi connectivity index (χ0) is 17.5. The molecule has 0 aliphatic heterocycles. The van der Waals surface area contributed by atoms with Crippen LogP contribution in [0, 0.1) is 0 Å². The van der Waals surface area contributed by atoms with Crippen LogP contribution in [0.15, 0.2) is 16.5 Å². The second kappa shape index (κ2) is 14.3. The maximum atomic E-state index is 11.5. The lowest BCUT2D eigenvalue weighted by molar-refractivity contribution is 0.0916. The van der Waals surface area contributed by atoms with E-state index in [1.165, 1.54) is 64.2 Å². The first kappa shape index (κ1) is 21.0. The predicted molar refractivity (Wildman–Crippen MR) is 99.4 cm³/mol. The minimum absolute atomic E-state index is 0.0478. The molecular weight excluding hydrogens is 300 g/mol. The Hall–Kier alpha value is -1.09. The molecule has 0 N–H and O–H groups in total. The molecule has 24 heavy (non-hydrogen) atoms. The lowest BCUT2D eigenvalue weighted by Gasteiger charge is -2.03. The van der Waals surface area contributed by atoms with Gasteiger partial charge in [-0.1, -0.05) is 78.1 Å². The number of Topliss-reactive ketones (excluding diaryl/α,β-unsaturated/α-hetero) is 1. The van der Waals surface area contributed by atoms with Gasteiger partial charge in [0.25, 0.3) is 0 Å². The van der Waals surface area contributed by atoms with E-state index in [-0.39, 0.29) is 5.78 Å². The maximum Gasteiger partial charge on any atom is 0.197 e. The lowest BCUT2D eigenvalue weighted by Crippen LogP contribution is -1.95. The first-order valence-electron chi connectivity index (χ1n) is 9.97. The smallest absolute Gasteiger partial charge is 0.197 e. The van der Waals surface area contributed by atoms with E-state index in [4.69, 9.17) is 9.15 Å². The molecule has 0 atom stereocenters. The van der Waals surface area contributed by atoms with Crippen molar-refractivity contribution in [1.82, 2.24) is 0 Å². The number of furan rings is 1. The van der Waals surface area contributed by atoms with E-state index < -0.39 is 0 Å². The molecule has 0 radical (unpaired) electrons. The molecule has 1 aromatic heterocycles. The monoisotopic (exact) mass is 336 g/mol. The average molecular weight is 337 g/mol. The van der Waals surface area contributed by atoms with Gasteiger partial charge >= 0.3 is 0 Å². The highest BCUT2D eigenvalue weighted by atomic mass is 16.5. The van der Waals surface area contributed by atoms with E-state index in [0.717, 1.165) is 18.8 Å². The van der Waals surface area contributed by atoms with Crippen molar-refractivity contribution in [3.8, 4) is 0 Å². The average Bonchev–Trinajstić information content (AvgIpc) is 3.07. The molecule has 1 heterocycles. The molecule has 0 bridgehead atoms. The zero-order valence-corrected chi connectivity index (χ0v) is 15.8. The van der Waals surface area contributed by atoms with Gasteiger partial charge in [-0.25, -0.2) is 0 Å². The molecule has 0 saturated heterocycles. The highest BCUT2D eigenvalue weighted by molar-refractivity contribution is 5.93. The van der Waals surface area contributed by atoms with Crippen LogP contribution in [-0.2, 0) is 11.3 Å². The molecule has 0 fully saturated rings. The topological polar surface area (TPSA) is 39.4 Å². The molecule has 0 aliphatic carbocycles. The van der Waals surface area contributed by atoms with Gasteiger partial charge in [0.1, 0.15) is 12.4 Å². The van der Waals surface area contributed by atoms with Crippen molar-refractivity contribution in [3.05, 3.63) is 23.7 Å². The summed E-state index contributed by atoms with van der Waals surface area (Å²) < 4.78 is 11.1. The first-order chi connectivity index (χ1) is 11.8. The Morgan fingerprint density at radius 1 is 0.875 bits per heavy atom. The highest BCUT2D eigenvalue weighted by Crippen LogP contribution is 2.13. The number of rotatable bonds is 16. The van der Waals surface area contributed by atoms with Crippen molar-refractivity contribution in [2.45, 2.75) is 97.5 Å². The molecule has 1 aromatic rings. The fourth-order valence-corrected chi connectivity index (χ4v) is 2.82. The second-order valence-corrected chi connectivity index (χ2v) is 6.63. The first-order valence-corrected chi connectivity index (χ1v) is 9.97. The Bertz CT molecular complexity index is 422. The standard InChI is InChI=1S/C21H36O3/c1-3-5-6-7-8-9-10-11-12-13-14-17-23-18-19-15-16-21(24-19)20(22)4-2/h15-16H,3-14,17-18H2,1-2H3. The molecule has 0 amide bonds. The molecule has 0 aromatic carbocycles. The number of ether oxygens (including phenoxy) is 1. The van der Waals surface area contributed by atoms with Gasteiger partial charge in [0.15, 0.2) is 11.5 Å². The van der Waals surface area contributed by atoms with Crippen LogP contribution in [0.5, 0.6) is 0 Å². The summed E-state index contributed by atoms with van der Waals surface area (Å²) >= 11 is 0. The number of ketones is 1. The SMILES string of the molecule is CCCCCCCCCCCCCOCc1ccc(C(=O)CC)o1. The summed E-state index contributed by atoms with van der Waals surface area (Å²) in [6, 6.07) is 3.58. The van der Waals surface area contributed by atoms with Gasteiger partial charge in [0.2, 0.25) is 0 Å². The van der Waals surface area contributed by atoms with Crippen molar-refractivity contribution >= 4 is 5.78 Å². The summed E-state index contributed by atoms with van der Waals surface area (Å²) in [5.41, 5.74) is 0. The van der Waals surface area contributed by atoms with E-state index in [1.54, 1.807) is 6.07 Å². The lowest BCUT2D eigenvalue weighted by atomic mass is 10.1. The number of hydrogen-bond donors (Lipinski definition) is 0. The third kappa shape index (κ3) is 9.92. The van der Waals surface area contributed by atoms with Crippen LogP contribution >= 0.6 is 0 Å². The van der Waals surface area contributed by atoms with Crippen LogP contribution in [0.4, 0.5) is 0 Å². The van der Waals surface area contributed by atoms with Crippen molar-refractivity contribution in [1.29, 1.82) is 0 Å². The van der Waals surface area contributed by atoms with E-state index >= 15 is 0 Å². The molecule has 138 valence electrons. The predicted octanol–water partition coefficient (Wildman–Crippen LogP) is 6.70. The minimum Gasteiger partial charge on any atom is -0.456 e. The number of carbonyl (C=O) groups excluding carboxylic acids is 1. The Kier molecular flexibility index (Phi) is 12.5. The molecule has 0 aliphatic rings. The van der Waals surface area contributed by atoms with E-state index in [9.17, 15) is 4.79 Å². The van der Waals surface area contributed by atoms with Gasteiger partial charge in [-0.3, -0.25) is 4.79 Å². The Morgan fingerprint density at radius 2 is 1.46 bits per heavy atom. The molecule has 3 heteroatoms. The number of unbranched alkanes of at least 4 members (excludes halogenated alkanes) is 10.